The Bertz CT molecular complexity index is 466. The van der Waals surface area contributed by atoms with E-state index in [9.17, 15) is 4.79 Å². The molecule has 3 heteroatoms. The van der Waals surface area contributed by atoms with Gasteiger partial charge in [-0.05, 0) is 44.5 Å². The van der Waals surface area contributed by atoms with Gasteiger partial charge in [-0.1, -0.05) is 18.2 Å². The van der Waals surface area contributed by atoms with Crippen molar-refractivity contribution >= 4 is 17.5 Å². The van der Waals surface area contributed by atoms with Crippen LogP contribution in [0.3, 0.4) is 0 Å². The molecule has 1 aromatic carbocycles. The second-order valence-electron chi connectivity index (χ2n) is 5.73. The monoisotopic (exact) mass is 275 g/mol. The smallest absolute Gasteiger partial charge is 0.133 e. The average Bonchev–Trinajstić information content (AvgIpc) is 2.83. The molecule has 0 spiro atoms. The van der Waals surface area contributed by atoms with Crippen LogP contribution in [0.2, 0.25) is 0 Å². The SMILES string of the molecule is CC(=O)C1CCN(CC2CSc3ccccc32)CC1. The summed E-state index contributed by atoms with van der Waals surface area (Å²) < 4.78 is 0. The molecule has 1 fully saturated rings. The number of likely N-dealkylation sites (tertiary alicyclic amines) is 1. The lowest BCUT2D eigenvalue weighted by Gasteiger charge is -2.32. The van der Waals surface area contributed by atoms with Crippen LogP contribution in [-0.4, -0.2) is 36.1 Å². The number of nitrogens with zero attached hydrogens (tertiary/aromatic N) is 1. The van der Waals surface area contributed by atoms with Crippen molar-refractivity contribution in [1.82, 2.24) is 4.90 Å². The minimum Gasteiger partial charge on any atom is -0.303 e. The number of rotatable bonds is 3. The van der Waals surface area contributed by atoms with Crippen LogP contribution in [0.5, 0.6) is 0 Å². The van der Waals surface area contributed by atoms with E-state index >= 15 is 0 Å². The normalized spacial score (nSPS) is 24.4. The summed E-state index contributed by atoms with van der Waals surface area (Å²) >= 11 is 1.99. The highest BCUT2D eigenvalue weighted by molar-refractivity contribution is 7.99. The van der Waals surface area contributed by atoms with Crippen molar-refractivity contribution in [2.24, 2.45) is 5.92 Å². The fourth-order valence-corrected chi connectivity index (χ4v) is 4.46. The van der Waals surface area contributed by atoms with Crippen molar-refractivity contribution in [3.05, 3.63) is 29.8 Å². The van der Waals surface area contributed by atoms with Crippen molar-refractivity contribution < 1.29 is 4.79 Å². The van der Waals surface area contributed by atoms with E-state index in [1.165, 1.54) is 16.2 Å². The van der Waals surface area contributed by atoms with Crippen LogP contribution in [-0.2, 0) is 4.79 Å². The molecule has 1 atom stereocenters. The van der Waals surface area contributed by atoms with Gasteiger partial charge in [-0.2, -0.15) is 0 Å². The van der Waals surface area contributed by atoms with Crippen LogP contribution < -0.4 is 0 Å². The molecule has 0 radical (unpaired) electrons. The van der Waals surface area contributed by atoms with Gasteiger partial charge in [0.2, 0.25) is 0 Å². The first-order valence-electron chi connectivity index (χ1n) is 7.18. The fourth-order valence-electron chi connectivity index (χ4n) is 3.21. The Balaban J connectivity index is 1.58. The van der Waals surface area contributed by atoms with Crippen molar-refractivity contribution in [3.8, 4) is 0 Å². The number of hydrogen-bond acceptors (Lipinski definition) is 3. The number of Topliss-reactive ketones (excluding diaryl/α,β-unsaturated/α-hetero) is 1. The van der Waals surface area contributed by atoms with E-state index in [1.807, 2.05) is 11.8 Å². The van der Waals surface area contributed by atoms with Crippen LogP contribution in [0.15, 0.2) is 29.2 Å². The lowest BCUT2D eigenvalue weighted by Crippen LogP contribution is -2.38. The first-order chi connectivity index (χ1) is 9.24. The fraction of sp³-hybridized carbons (Fsp3) is 0.562. The van der Waals surface area contributed by atoms with E-state index in [1.54, 1.807) is 6.92 Å². The second kappa shape index (κ2) is 5.68. The number of fused-ring (bicyclic) bond motifs is 1. The summed E-state index contributed by atoms with van der Waals surface area (Å²) in [6.07, 6.45) is 2.10. The van der Waals surface area contributed by atoms with Crippen molar-refractivity contribution in [2.45, 2.75) is 30.6 Å². The molecule has 0 aromatic heterocycles. The minimum absolute atomic E-state index is 0.321. The largest absolute Gasteiger partial charge is 0.303 e. The Hall–Kier alpha value is -0.800. The maximum absolute atomic E-state index is 11.4. The summed E-state index contributed by atoms with van der Waals surface area (Å²) in [4.78, 5) is 15.4. The maximum atomic E-state index is 11.4. The van der Waals surface area contributed by atoms with E-state index in [2.05, 4.69) is 29.2 Å². The zero-order chi connectivity index (χ0) is 13.2. The molecule has 2 aliphatic heterocycles. The first kappa shape index (κ1) is 13.2. The lowest BCUT2D eigenvalue weighted by atomic mass is 9.92. The Labute approximate surface area is 119 Å². The van der Waals surface area contributed by atoms with Crippen molar-refractivity contribution in [3.63, 3.8) is 0 Å². The third-order valence-corrected chi connectivity index (χ3v) is 5.69. The van der Waals surface area contributed by atoms with Crippen molar-refractivity contribution in [1.29, 1.82) is 0 Å². The molecule has 19 heavy (non-hydrogen) atoms. The molecule has 2 heterocycles. The number of thioether (sulfide) groups is 1. The number of piperidine rings is 1. The first-order valence-corrected chi connectivity index (χ1v) is 8.17. The molecule has 0 bridgehead atoms. The number of ketones is 1. The second-order valence-corrected chi connectivity index (χ2v) is 6.79. The topological polar surface area (TPSA) is 20.3 Å². The summed E-state index contributed by atoms with van der Waals surface area (Å²) in [5.74, 6) is 2.59. The summed E-state index contributed by atoms with van der Waals surface area (Å²) in [5, 5.41) is 0. The maximum Gasteiger partial charge on any atom is 0.133 e. The summed E-state index contributed by atoms with van der Waals surface area (Å²) in [5.41, 5.74) is 1.53. The zero-order valence-electron chi connectivity index (χ0n) is 11.5. The summed E-state index contributed by atoms with van der Waals surface area (Å²) in [6.45, 7) is 5.08. The van der Waals surface area contributed by atoms with Gasteiger partial charge in [0.1, 0.15) is 5.78 Å². The molecule has 102 valence electrons. The van der Waals surface area contributed by atoms with Gasteiger partial charge in [-0.15, -0.1) is 11.8 Å². The van der Waals surface area contributed by atoms with Crippen LogP contribution in [0, 0.1) is 5.92 Å². The van der Waals surface area contributed by atoms with Gasteiger partial charge in [0, 0.05) is 29.0 Å². The third kappa shape index (κ3) is 2.87. The van der Waals surface area contributed by atoms with Crippen LogP contribution in [0.25, 0.3) is 0 Å². The molecular formula is C16H21NOS. The van der Waals surface area contributed by atoms with E-state index in [0.717, 1.165) is 32.5 Å². The standard InChI is InChI=1S/C16H21NOS/c1-12(18)13-6-8-17(9-7-13)10-14-11-19-16-5-3-2-4-15(14)16/h2-5,13-14H,6-11H2,1H3. The predicted octanol–water partition coefficient (Wildman–Crippen LogP) is 3.18. The molecule has 2 nitrogen and oxygen atoms in total. The highest BCUT2D eigenvalue weighted by Gasteiger charge is 2.28. The molecule has 2 aliphatic rings. The highest BCUT2D eigenvalue weighted by atomic mass is 32.2. The lowest BCUT2D eigenvalue weighted by molar-refractivity contribution is -0.122. The number of carbonyl (C=O) groups is 1. The van der Waals surface area contributed by atoms with Crippen LogP contribution >= 0.6 is 11.8 Å². The third-order valence-electron chi connectivity index (χ3n) is 4.44. The molecule has 1 unspecified atom stereocenters. The number of hydrogen-bond donors (Lipinski definition) is 0. The quantitative estimate of drug-likeness (QED) is 0.845. The molecule has 0 amide bonds. The minimum atomic E-state index is 0.321. The van der Waals surface area contributed by atoms with Crippen LogP contribution in [0.4, 0.5) is 0 Å². The summed E-state index contributed by atoms with van der Waals surface area (Å²) in [7, 11) is 0. The van der Waals surface area contributed by atoms with Gasteiger partial charge in [0.15, 0.2) is 0 Å². The molecule has 1 aromatic rings. The van der Waals surface area contributed by atoms with E-state index < -0.39 is 0 Å². The van der Waals surface area contributed by atoms with E-state index in [-0.39, 0.29) is 0 Å². The Morgan fingerprint density at radius 1 is 1.32 bits per heavy atom. The summed E-state index contributed by atoms with van der Waals surface area (Å²) in [6, 6.07) is 8.80. The zero-order valence-corrected chi connectivity index (χ0v) is 12.3. The van der Waals surface area contributed by atoms with Gasteiger partial charge >= 0.3 is 0 Å². The Morgan fingerprint density at radius 2 is 2.05 bits per heavy atom. The van der Waals surface area contributed by atoms with Crippen LogP contribution in [0.1, 0.15) is 31.2 Å². The van der Waals surface area contributed by atoms with E-state index in [4.69, 9.17) is 0 Å². The molecule has 3 rings (SSSR count). The Kier molecular flexibility index (Phi) is 3.94. The van der Waals surface area contributed by atoms with Gasteiger partial charge in [-0.25, -0.2) is 0 Å². The molecule has 0 aliphatic carbocycles. The number of benzene rings is 1. The molecule has 0 N–H and O–H groups in total. The van der Waals surface area contributed by atoms with Crippen molar-refractivity contribution in [2.75, 3.05) is 25.4 Å². The van der Waals surface area contributed by atoms with Gasteiger partial charge in [0.25, 0.3) is 0 Å². The van der Waals surface area contributed by atoms with Gasteiger partial charge < -0.3 is 4.90 Å². The highest BCUT2D eigenvalue weighted by Crippen LogP contribution is 2.39. The average molecular weight is 275 g/mol. The predicted molar refractivity (Wildman–Crippen MR) is 79.8 cm³/mol. The molecular weight excluding hydrogens is 254 g/mol. The van der Waals surface area contributed by atoms with Gasteiger partial charge in [0.05, 0.1) is 0 Å². The molecule has 1 saturated heterocycles. The molecule has 0 saturated carbocycles. The van der Waals surface area contributed by atoms with E-state index in [0.29, 0.717) is 17.6 Å². The van der Waals surface area contributed by atoms with Gasteiger partial charge in [-0.3, -0.25) is 4.79 Å². The Morgan fingerprint density at radius 3 is 2.79 bits per heavy atom. The number of carbonyl (C=O) groups excluding carboxylic acids is 1.